The van der Waals surface area contributed by atoms with Gasteiger partial charge in [-0.25, -0.2) is 12.8 Å². The van der Waals surface area contributed by atoms with Crippen molar-refractivity contribution in [2.24, 2.45) is 0 Å². The van der Waals surface area contributed by atoms with E-state index in [4.69, 9.17) is 21.1 Å². The van der Waals surface area contributed by atoms with E-state index in [0.717, 1.165) is 48.5 Å². The number of benzene rings is 3. The molecule has 12 heteroatoms. The molecule has 44 heavy (non-hydrogen) atoms. The van der Waals surface area contributed by atoms with Gasteiger partial charge in [0.05, 0.1) is 10.6 Å². The van der Waals surface area contributed by atoms with Crippen LogP contribution in [0.5, 0.6) is 11.5 Å². The monoisotopic (exact) mass is 643 g/mol. The molecule has 0 radical (unpaired) electrons. The van der Waals surface area contributed by atoms with Gasteiger partial charge in [0.2, 0.25) is 11.8 Å². The molecular formula is C32H35ClFN3O6S. The summed E-state index contributed by atoms with van der Waals surface area (Å²) in [5, 5.41) is 3.59. The summed E-state index contributed by atoms with van der Waals surface area (Å²) in [5.41, 5.74) is 0.795. The van der Waals surface area contributed by atoms with E-state index in [0.29, 0.717) is 22.9 Å². The lowest BCUT2D eigenvalue weighted by Gasteiger charge is -2.33. The molecule has 234 valence electrons. The van der Waals surface area contributed by atoms with Crippen LogP contribution in [0.4, 0.5) is 10.1 Å². The molecule has 1 saturated carbocycles. The van der Waals surface area contributed by atoms with Gasteiger partial charge in [-0.3, -0.25) is 13.9 Å². The van der Waals surface area contributed by atoms with Crippen molar-refractivity contribution in [2.75, 3.05) is 24.1 Å². The Labute approximate surface area is 261 Å². The summed E-state index contributed by atoms with van der Waals surface area (Å²) in [6.07, 6.45) is 4.92. The maximum absolute atomic E-state index is 14.1. The van der Waals surface area contributed by atoms with E-state index in [9.17, 15) is 22.4 Å². The summed E-state index contributed by atoms with van der Waals surface area (Å²) in [6, 6.07) is 15.0. The van der Waals surface area contributed by atoms with Crippen LogP contribution in [0.3, 0.4) is 0 Å². The van der Waals surface area contributed by atoms with Crippen molar-refractivity contribution in [3.8, 4) is 11.5 Å². The number of anilines is 1. The highest BCUT2D eigenvalue weighted by Gasteiger charge is 2.34. The van der Waals surface area contributed by atoms with Crippen LogP contribution in [0.25, 0.3) is 0 Å². The average Bonchev–Trinajstić information content (AvgIpc) is 3.03. The van der Waals surface area contributed by atoms with Gasteiger partial charge in [-0.15, -0.1) is 0 Å². The number of nitrogens with zero attached hydrogens (tertiary/aromatic N) is 2. The highest BCUT2D eigenvalue weighted by molar-refractivity contribution is 7.92. The minimum absolute atomic E-state index is 0.0254. The fourth-order valence-corrected chi connectivity index (χ4v) is 6.94. The Hall–Kier alpha value is -3.83. The van der Waals surface area contributed by atoms with E-state index in [-0.39, 0.29) is 41.4 Å². The quantitative estimate of drug-likeness (QED) is 0.321. The molecule has 5 rings (SSSR count). The third-order valence-corrected chi connectivity index (χ3v) is 9.90. The van der Waals surface area contributed by atoms with E-state index in [1.165, 1.54) is 35.2 Å². The predicted molar refractivity (Wildman–Crippen MR) is 165 cm³/mol. The summed E-state index contributed by atoms with van der Waals surface area (Å²) < 4.78 is 54.1. The van der Waals surface area contributed by atoms with Gasteiger partial charge in [0.25, 0.3) is 10.0 Å². The van der Waals surface area contributed by atoms with Gasteiger partial charge in [0.15, 0.2) is 11.5 Å². The standard InChI is InChI=1S/C32H35ClFN3O6S/c1-22(32(39)35-26-5-3-2-4-6-26)36(20-23-7-9-24(33)10-8-23)31(38)21-37(27-13-11-25(34)12-14-27)44(40,41)28-15-16-29-30(19-28)43-18-17-42-29/h7-16,19,22,26H,2-6,17-18,20-21H2,1H3,(H,35,39). The smallest absolute Gasteiger partial charge is 0.264 e. The SMILES string of the molecule is CC(C(=O)NC1CCCCC1)N(Cc1ccc(Cl)cc1)C(=O)CN(c1ccc(F)cc1)S(=O)(=O)c1ccc2c(c1)OCCO2. The first-order valence-corrected chi connectivity index (χ1v) is 16.5. The molecule has 1 heterocycles. The molecule has 9 nitrogen and oxygen atoms in total. The predicted octanol–water partition coefficient (Wildman–Crippen LogP) is 5.31. The third kappa shape index (κ3) is 7.44. The number of carbonyl (C=O) groups is 2. The molecule has 2 aliphatic rings. The van der Waals surface area contributed by atoms with E-state index in [1.54, 1.807) is 31.2 Å². The van der Waals surface area contributed by atoms with E-state index in [1.807, 2.05) is 0 Å². The van der Waals surface area contributed by atoms with Crippen molar-refractivity contribution < 1.29 is 31.9 Å². The van der Waals surface area contributed by atoms with Crippen molar-refractivity contribution in [3.63, 3.8) is 0 Å². The number of sulfonamides is 1. The number of fused-ring (bicyclic) bond motifs is 1. The minimum Gasteiger partial charge on any atom is -0.486 e. The molecule has 3 aromatic rings. The maximum atomic E-state index is 14.1. The Kier molecular flexibility index (Phi) is 9.95. The molecule has 1 atom stereocenters. The lowest BCUT2D eigenvalue weighted by Crippen LogP contribution is -2.53. The Bertz CT molecular complexity index is 1580. The zero-order valence-corrected chi connectivity index (χ0v) is 26.0. The first kappa shape index (κ1) is 31.6. The molecule has 3 aromatic carbocycles. The second-order valence-corrected chi connectivity index (χ2v) is 13.3. The fraction of sp³-hybridized carbons (Fsp3) is 0.375. The number of halogens is 2. The molecule has 1 N–H and O–H groups in total. The van der Waals surface area contributed by atoms with Gasteiger partial charge >= 0.3 is 0 Å². The summed E-state index contributed by atoms with van der Waals surface area (Å²) >= 11 is 6.07. The molecular weight excluding hydrogens is 609 g/mol. The molecule has 0 saturated heterocycles. The molecule has 0 bridgehead atoms. The van der Waals surface area contributed by atoms with Crippen LogP contribution in [0, 0.1) is 5.82 Å². The van der Waals surface area contributed by atoms with Gasteiger partial charge in [0, 0.05) is 23.7 Å². The van der Waals surface area contributed by atoms with Crippen LogP contribution in [0.1, 0.15) is 44.6 Å². The van der Waals surface area contributed by atoms with Crippen LogP contribution in [0.15, 0.2) is 71.6 Å². The number of ether oxygens (including phenoxy) is 2. The number of rotatable bonds is 10. The Morgan fingerprint density at radius 2 is 1.61 bits per heavy atom. The lowest BCUT2D eigenvalue weighted by molar-refractivity contribution is -0.139. The van der Waals surface area contributed by atoms with Gasteiger partial charge in [-0.2, -0.15) is 0 Å². The summed E-state index contributed by atoms with van der Waals surface area (Å²) in [7, 11) is -4.37. The molecule has 0 spiro atoms. The minimum atomic E-state index is -4.37. The van der Waals surface area contributed by atoms with Crippen molar-refractivity contribution in [1.82, 2.24) is 10.2 Å². The highest BCUT2D eigenvalue weighted by atomic mass is 35.5. The molecule has 0 aromatic heterocycles. The number of nitrogens with one attached hydrogen (secondary N) is 1. The number of amides is 2. The summed E-state index contributed by atoms with van der Waals surface area (Å²) in [6.45, 7) is 1.62. The second-order valence-electron chi connectivity index (χ2n) is 11.0. The Morgan fingerprint density at radius 1 is 0.955 bits per heavy atom. The van der Waals surface area contributed by atoms with Crippen LogP contribution in [-0.2, 0) is 26.2 Å². The summed E-state index contributed by atoms with van der Waals surface area (Å²) in [4.78, 5) is 28.8. The zero-order chi connectivity index (χ0) is 31.3. The normalized spacial score (nSPS) is 15.7. The first-order chi connectivity index (χ1) is 21.1. The van der Waals surface area contributed by atoms with Crippen molar-refractivity contribution in [1.29, 1.82) is 0 Å². The van der Waals surface area contributed by atoms with Crippen molar-refractivity contribution in [2.45, 2.75) is 62.6 Å². The topological polar surface area (TPSA) is 105 Å². The largest absolute Gasteiger partial charge is 0.486 e. The van der Waals surface area contributed by atoms with Crippen molar-refractivity contribution >= 4 is 39.1 Å². The maximum Gasteiger partial charge on any atom is 0.264 e. The molecule has 2 amide bonds. The molecule has 1 aliphatic heterocycles. The van der Waals surface area contributed by atoms with Gasteiger partial charge in [-0.05, 0) is 73.9 Å². The van der Waals surface area contributed by atoms with Gasteiger partial charge < -0.3 is 19.7 Å². The Morgan fingerprint density at radius 3 is 2.30 bits per heavy atom. The fourth-order valence-electron chi connectivity index (χ4n) is 5.39. The summed E-state index contributed by atoms with van der Waals surface area (Å²) in [5.74, 6) is -0.820. The molecule has 1 unspecified atom stereocenters. The van der Waals surface area contributed by atoms with Crippen LogP contribution in [0.2, 0.25) is 5.02 Å². The number of carbonyl (C=O) groups excluding carboxylic acids is 2. The molecule has 1 fully saturated rings. The van der Waals surface area contributed by atoms with E-state index < -0.39 is 34.3 Å². The number of hydrogen-bond acceptors (Lipinski definition) is 6. The van der Waals surface area contributed by atoms with Crippen molar-refractivity contribution in [3.05, 3.63) is 83.1 Å². The number of hydrogen-bond donors (Lipinski definition) is 1. The van der Waals surface area contributed by atoms with Gasteiger partial charge in [-0.1, -0.05) is 43.0 Å². The molecule has 1 aliphatic carbocycles. The third-order valence-electron chi connectivity index (χ3n) is 7.88. The van der Waals surface area contributed by atoms with Crippen LogP contribution in [-0.4, -0.2) is 57.0 Å². The first-order valence-electron chi connectivity index (χ1n) is 14.6. The van der Waals surface area contributed by atoms with Gasteiger partial charge in [0.1, 0.15) is 31.6 Å². The van der Waals surface area contributed by atoms with E-state index in [2.05, 4.69) is 5.32 Å². The Balaban J connectivity index is 1.47. The van der Waals surface area contributed by atoms with Crippen LogP contribution >= 0.6 is 11.6 Å². The zero-order valence-electron chi connectivity index (χ0n) is 24.4. The average molecular weight is 644 g/mol. The second kappa shape index (κ2) is 13.9. The van der Waals surface area contributed by atoms with E-state index >= 15 is 0 Å². The lowest BCUT2D eigenvalue weighted by atomic mass is 9.95. The van der Waals surface area contributed by atoms with Crippen LogP contribution < -0.4 is 19.1 Å². The highest BCUT2D eigenvalue weighted by Crippen LogP contribution is 2.34.